The number of ether oxygens (including phenoxy) is 4. The maximum Gasteiger partial charge on any atom is 0.338 e. The molecule has 0 bridgehead atoms. The minimum absolute atomic E-state index is 0.0515. The molecular formula is C17H23NO6. The molecule has 0 radical (unpaired) electrons. The monoisotopic (exact) mass is 337 g/mol. The van der Waals surface area contributed by atoms with E-state index in [1.807, 2.05) is 13.8 Å². The number of fused-ring (bicyclic) bond motifs is 1. The van der Waals surface area contributed by atoms with Gasteiger partial charge in [0.15, 0.2) is 18.1 Å². The van der Waals surface area contributed by atoms with Crippen molar-refractivity contribution in [3.63, 3.8) is 0 Å². The molecule has 0 aromatic heterocycles. The maximum absolute atomic E-state index is 12.2. The minimum atomic E-state index is -0.622. The van der Waals surface area contributed by atoms with Gasteiger partial charge in [0.25, 0.3) is 5.91 Å². The Labute approximate surface area is 141 Å². The largest absolute Gasteiger partial charge is 0.493 e. The molecule has 7 nitrogen and oxygen atoms in total. The van der Waals surface area contributed by atoms with Crippen LogP contribution in [-0.2, 0) is 9.53 Å². The topological polar surface area (TPSA) is 83.1 Å². The molecule has 1 atom stereocenters. The predicted molar refractivity (Wildman–Crippen MR) is 86.8 cm³/mol. The lowest BCUT2D eigenvalue weighted by atomic mass is 10.1. The van der Waals surface area contributed by atoms with Crippen molar-refractivity contribution < 1.29 is 28.5 Å². The van der Waals surface area contributed by atoms with Gasteiger partial charge in [-0.15, -0.1) is 0 Å². The predicted octanol–water partition coefficient (Wildman–Crippen LogP) is 1.93. The summed E-state index contributed by atoms with van der Waals surface area (Å²) in [6, 6.07) is 3.08. The highest BCUT2D eigenvalue weighted by molar-refractivity contribution is 5.92. The molecule has 1 N–H and O–H groups in total. The molecule has 7 heteroatoms. The van der Waals surface area contributed by atoms with E-state index in [1.54, 1.807) is 0 Å². The van der Waals surface area contributed by atoms with Crippen LogP contribution in [0.1, 0.15) is 37.0 Å². The first kappa shape index (κ1) is 17.9. The molecule has 0 saturated carbocycles. The quantitative estimate of drug-likeness (QED) is 0.766. The lowest BCUT2D eigenvalue weighted by Crippen LogP contribution is -2.35. The van der Waals surface area contributed by atoms with Crippen LogP contribution in [-0.4, -0.2) is 44.8 Å². The first-order valence-electron chi connectivity index (χ1n) is 7.99. The first-order chi connectivity index (χ1) is 11.5. The van der Waals surface area contributed by atoms with Gasteiger partial charge in [-0.3, -0.25) is 4.79 Å². The van der Waals surface area contributed by atoms with E-state index in [1.165, 1.54) is 19.2 Å². The molecule has 0 spiro atoms. The molecule has 2 rings (SSSR count). The number of hydrogen-bond donors (Lipinski definition) is 1. The highest BCUT2D eigenvalue weighted by Crippen LogP contribution is 2.40. The molecule has 0 fully saturated rings. The summed E-state index contributed by atoms with van der Waals surface area (Å²) in [5.74, 6) is 0.331. The van der Waals surface area contributed by atoms with E-state index >= 15 is 0 Å². The highest BCUT2D eigenvalue weighted by Gasteiger charge is 2.22. The van der Waals surface area contributed by atoms with Crippen molar-refractivity contribution in [1.82, 2.24) is 5.32 Å². The number of carbonyl (C=O) groups excluding carboxylic acids is 2. The standard InChI is InChI=1S/C17H23NO6/c1-4-5-11(2)18-15(19)10-24-17(20)12-8-13(21-3)16-14(9-12)22-6-7-23-16/h8-9,11H,4-7,10H2,1-3H3,(H,18,19)/t11-/m1/s1. The molecule has 1 amide bonds. The van der Waals surface area contributed by atoms with E-state index in [-0.39, 0.29) is 24.1 Å². The van der Waals surface area contributed by atoms with Gasteiger partial charge in [-0.05, 0) is 25.5 Å². The summed E-state index contributed by atoms with van der Waals surface area (Å²) in [4.78, 5) is 23.9. The van der Waals surface area contributed by atoms with Gasteiger partial charge in [0.05, 0.1) is 12.7 Å². The molecule has 1 aromatic rings. The van der Waals surface area contributed by atoms with Crippen molar-refractivity contribution in [2.75, 3.05) is 26.9 Å². The van der Waals surface area contributed by atoms with E-state index in [2.05, 4.69) is 5.32 Å². The summed E-state index contributed by atoms with van der Waals surface area (Å²) in [5.41, 5.74) is 0.241. The van der Waals surface area contributed by atoms with Crippen molar-refractivity contribution in [2.45, 2.75) is 32.7 Å². The molecular weight excluding hydrogens is 314 g/mol. The summed E-state index contributed by atoms with van der Waals surface area (Å²) in [7, 11) is 1.48. The van der Waals surface area contributed by atoms with Gasteiger partial charge in [0, 0.05) is 6.04 Å². The molecule has 1 aromatic carbocycles. The fourth-order valence-electron chi connectivity index (χ4n) is 2.43. The average molecular weight is 337 g/mol. The Morgan fingerprint density at radius 3 is 2.75 bits per heavy atom. The van der Waals surface area contributed by atoms with Gasteiger partial charge in [0.1, 0.15) is 13.2 Å². The summed E-state index contributed by atoms with van der Waals surface area (Å²) < 4.78 is 21.2. The van der Waals surface area contributed by atoms with Crippen LogP contribution in [0.2, 0.25) is 0 Å². The van der Waals surface area contributed by atoms with Gasteiger partial charge in [0.2, 0.25) is 5.75 Å². The zero-order valence-corrected chi connectivity index (χ0v) is 14.2. The molecule has 24 heavy (non-hydrogen) atoms. The lowest BCUT2D eigenvalue weighted by Gasteiger charge is -2.21. The zero-order chi connectivity index (χ0) is 17.5. The van der Waals surface area contributed by atoms with Crippen molar-refractivity contribution in [2.24, 2.45) is 0 Å². The number of hydrogen-bond acceptors (Lipinski definition) is 6. The van der Waals surface area contributed by atoms with Crippen LogP contribution < -0.4 is 19.5 Å². The van der Waals surface area contributed by atoms with Gasteiger partial charge in [-0.25, -0.2) is 4.79 Å². The minimum Gasteiger partial charge on any atom is -0.493 e. The molecule has 1 aliphatic heterocycles. The first-order valence-corrected chi connectivity index (χ1v) is 7.99. The van der Waals surface area contributed by atoms with Crippen LogP contribution in [0.15, 0.2) is 12.1 Å². The third-order valence-electron chi connectivity index (χ3n) is 3.53. The Morgan fingerprint density at radius 2 is 2.04 bits per heavy atom. The number of benzene rings is 1. The second-order valence-corrected chi connectivity index (χ2v) is 5.54. The van der Waals surface area contributed by atoms with Crippen molar-refractivity contribution in [3.05, 3.63) is 17.7 Å². The summed E-state index contributed by atoms with van der Waals surface area (Å²) >= 11 is 0. The third-order valence-corrected chi connectivity index (χ3v) is 3.53. The number of carbonyl (C=O) groups is 2. The zero-order valence-electron chi connectivity index (χ0n) is 14.2. The molecule has 0 saturated heterocycles. The summed E-state index contributed by atoms with van der Waals surface area (Å²) in [6.07, 6.45) is 1.84. The van der Waals surface area contributed by atoms with Crippen LogP contribution >= 0.6 is 0 Å². The molecule has 1 aliphatic rings. The lowest BCUT2D eigenvalue weighted by molar-refractivity contribution is -0.124. The van der Waals surface area contributed by atoms with Crippen molar-refractivity contribution in [3.8, 4) is 17.2 Å². The number of nitrogens with one attached hydrogen (secondary N) is 1. The molecule has 0 aliphatic carbocycles. The highest BCUT2D eigenvalue weighted by atomic mass is 16.6. The Balaban J connectivity index is 1.98. The summed E-state index contributed by atoms with van der Waals surface area (Å²) in [6.45, 7) is 4.44. The van der Waals surface area contributed by atoms with Gasteiger partial charge >= 0.3 is 5.97 Å². The van der Waals surface area contributed by atoms with E-state index in [4.69, 9.17) is 18.9 Å². The Hall–Kier alpha value is -2.44. The average Bonchev–Trinajstić information content (AvgIpc) is 2.58. The van der Waals surface area contributed by atoms with E-state index < -0.39 is 5.97 Å². The van der Waals surface area contributed by atoms with Crippen molar-refractivity contribution in [1.29, 1.82) is 0 Å². The van der Waals surface area contributed by atoms with Crippen LogP contribution in [0, 0.1) is 0 Å². The van der Waals surface area contributed by atoms with E-state index in [9.17, 15) is 9.59 Å². The third kappa shape index (κ3) is 4.53. The van der Waals surface area contributed by atoms with Crippen LogP contribution in [0.3, 0.4) is 0 Å². The van der Waals surface area contributed by atoms with Crippen LogP contribution in [0.4, 0.5) is 0 Å². The molecule has 132 valence electrons. The van der Waals surface area contributed by atoms with Gasteiger partial charge in [-0.1, -0.05) is 13.3 Å². The fourth-order valence-corrected chi connectivity index (χ4v) is 2.43. The van der Waals surface area contributed by atoms with Crippen LogP contribution in [0.5, 0.6) is 17.2 Å². The molecule has 1 heterocycles. The number of methoxy groups -OCH3 is 1. The normalized spacial score (nSPS) is 13.8. The SMILES string of the molecule is CCC[C@@H](C)NC(=O)COC(=O)c1cc(OC)c2c(c1)OCCO2. The summed E-state index contributed by atoms with van der Waals surface area (Å²) in [5, 5.41) is 2.77. The van der Waals surface area contributed by atoms with E-state index in [0.717, 1.165) is 12.8 Å². The maximum atomic E-state index is 12.2. The van der Waals surface area contributed by atoms with Gasteiger partial charge in [-0.2, -0.15) is 0 Å². The number of amides is 1. The van der Waals surface area contributed by atoms with E-state index in [0.29, 0.717) is 30.5 Å². The van der Waals surface area contributed by atoms with Crippen molar-refractivity contribution >= 4 is 11.9 Å². The molecule has 0 unspecified atom stereocenters. The Morgan fingerprint density at radius 1 is 1.29 bits per heavy atom. The second kappa shape index (κ2) is 8.42. The Bertz CT molecular complexity index is 584. The smallest absolute Gasteiger partial charge is 0.338 e. The Kier molecular flexibility index (Phi) is 6.28. The van der Waals surface area contributed by atoms with Crippen LogP contribution in [0.25, 0.3) is 0 Å². The number of rotatable bonds is 7. The fraction of sp³-hybridized carbons (Fsp3) is 0.529. The number of esters is 1. The second-order valence-electron chi connectivity index (χ2n) is 5.54. The van der Waals surface area contributed by atoms with Gasteiger partial charge < -0.3 is 24.3 Å².